The second-order valence-electron chi connectivity index (χ2n) is 2.87. The smallest absolute Gasteiger partial charge is 0.322 e. The first-order valence-corrected chi connectivity index (χ1v) is 5.67. The topological polar surface area (TPSA) is 101 Å². The number of methoxy groups -OCH3 is 1. The minimum Gasteiger partial charge on any atom is -0.468 e. The average molecular weight is 233 g/mol. The number of esters is 1. The molecule has 0 saturated carbocycles. The third-order valence-electron chi connectivity index (χ3n) is 1.50. The van der Waals surface area contributed by atoms with Gasteiger partial charge in [-0.05, 0) is 6.92 Å². The number of H-pyrrole nitrogens is 1. The molecule has 0 amide bonds. The third-order valence-corrected chi connectivity index (χ3v) is 2.64. The quantitative estimate of drug-likeness (QED) is 0.691. The first-order chi connectivity index (χ1) is 6.93. The van der Waals surface area contributed by atoms with Crippen LogP contribution in [0.2, 0.25) is 0 Å². The van der Waals surface area contributed by atoms with Crippen molar-refractivity contribution < 1.29 is 17.9 Å². The van der Waals surface area contributed by atoms with E-state index in [1.165, 1.54) is 6.07 Å². The Bertz CT molecular complexity index is 451. The molecule has 1 rings (SSSR count). The van der Waals surface area contributed by atoms with Crippen LogP contribution in [0.4, 0.5) is 5.82 Å². The minimum atomic E-state index is -3.74. The lowest BCUT2D eigenvalue weighted by molar-refractivity contribution is -0.137. The maximum Gasteiger partial charge on any atom is 0.322 e. The van der Waals surface area contributed by atoms with Gasteiger partial charge in [0.15, 0.2) is 11.6 Å². The number of nitrogens with one attached hydrogen (secondary N) is 2. The summed E-state index contributed by atoms with van der Waals surface area (Å²) in [6.45, 7) is 1.73. The van der Waals surface area contributed by atoms with Gasteiger partial charge in [-0.1, -0.05) is 0 Å². The van der Waals surface area contributed by atoms with E-state index in [0.29, 0.717) is 5.69 Å². The number of nitrogens with zero attached hydrogens (tertiary/aromatic N) is 1. The van der Waals surface area contributed by atoms with Crippen molar-refractivity contribution in [3.63, 3.8) is 0 Å². The van der Waals surface area contributed by atoms with Gasteiger partial charge in [0.05, 0.1) is 7.11 Å². The molecule has 1 aromatic heterocycles. The van der Waals surface area contributed by atoms with Crippen LogP contribution in [0.15, 0.2) is 6.07 Å². The second-order valence-corrected chi connectivity index (χ2v) is 4.60. The molecule has 0 radical (unpaired) electrons. The first kappa shape index (κ1) is 11.5. The standard InChI is InChI=1S/C7H11N3O4S/c1-5-3-6(9-8-5)10-15(12,13)4-7(11)14-2/h3H,4H2,1-2H3,(H2,8,9,10). The normalized spacial score (nSPS) is 11.1. The molecular weight excluding hydrogens is 222 g/mol. The number of aryl methyl sites for hydroxylation is 1. The van der Waals surface area contributed by atoms with Gasteiger partial charge >= 0.3 is 5.97 Å². The molecule has 2 N–H and O–H groups in total. The summed E-state index contributed by atoms with van der Waals surface area (Å²) in [5.74, 6) is -1.40. The summed E-state index contributed by atoms with van der Waals surface area (Å²) < 4.78 is 29.0. The number of hydrogen-bond donors (Lipinski definition) is 2. The van der Waals surface area contributed by atoms with Gasteiger partial charge in [0, 0.05) is 11.8 Å². The molecule has 0 bridgehead atoms. The van der Waals surface area contributed by atoms with E-state index in [1.54, 1.807) is 6.92 Å². The highest BCUT2D eigenvalue weighted by atomic mass is 32.2. The van der Waals surface area contributed by atoms with Gasteiger partial charge < -0.3 is 4.74 Å². The number of anilines is 1. The Hall–Kier alpha value is -1.57. The zero-order valence-electron chi connectivity index (χ0n) is 8.27. The number of carbonyl (C=O) groups is 1. The van der Waals surface area contributed by atoms with Crippen LogP contribution in [0, 0.1) is 6.92 Å². The molecule has 0 spiro atoms. The van der Waals surface area contributed by atoms with E-state index in [1.807, 2.05) is 0 Å². The van der Waals surface area contributed by atoms with Crippen molar-refractivity contribution in [3.05, 3.63) is 11.8 Å². The van der Waals surface area contributed by atoms with Crippen molar-refractivity contribution in [2.45, 2.75) is 6.92 Å². The monoisotopic (exact) mass is 233 g/mol. The Labute approximate surface area is 86.9 Å². The highest BCUT2D eigenvalue weighted by Gasteiger charge is 2.17. The molecule has 8 heteroatoms. The van der Waals surface area contributed by atoms with Crippen LogP contribution in [0.1, 0.15) is 5.69 Å². The zero-order valence-corrected chi connectivity index (χ0v) is 9.09. The summed E-state index contributed by atoms with van der Waals surface area (Å²) in [7, 11) is -2.62. The number of aromatic nitrogens is 2. The molecule has 0 aromatic carbocycles. The van der Waals surface area contributed by atoms with Crippen molar-refractivity contribution in [1.29, 1.82) is 0 Å². The molecule has 0 fully saturated rings. The molecule has 0 saturated heterocycles. The Balaban J connectivity index is 2.69. The predicted octanol–water partition coefficient (Wildman–Crippen LogP) is -0.367. The fourth-order valence-electron chi connectivity index (χ4n) is 0.880. The lowest BCUT2D eigenvalue weighted by atomic mass is 10.5. The molecule has 1 aromatic rings. The molecule has 7 nitrogen and oxygen atoms in total. The third kappa shape index (κ3) is 3.58. The molecular formula is C7H11N3O4S. The van der Waals surface area contributed by atoms with E-state index >= 15 is 0 Å². The zero-order chi connectivity index (χ0) is 11.5. The van der Waals surface area contributed by atoms with Crippen molar-refractivity contribution in [3.8, 4) is 0 Å². The Morgan fingerprint density at radius 1 is 1.67 bits per heavy atom. The van der Waals surface area contributed by atoms with Gasteiger partial charge in [0.2, 0.25) is 10.0 Å². The molecule has 0 atom stereocenters. The molecule has 0 aliphatic heterocycles. The van der Waals surface area contributed by atoms with Crippen molar-refractivity contribution in [2.24, 2.45) is 0 Å². The van der Waals surface area contributed by atoms with Crippen LogP contribution in [0.25, 0.3) is 0 Å². The highest BCUT2D eigenvalue weighted by Crippen LogP contribution is 2.06. The fourth-order valence-corrected chi connectivity index (χ4v) is 1.80. The SMILES string of the molecule is COC(=O)CS(=O)(=O)Nc1cc(C)[nH]n1. The molecule has 0 unspecified atom stereocenters. The van der Waals surface area contributed by atoms with Crippen molar-refractivity contribution >= 4 is 21.8 Å². The molecule has 0 aliphatic carbocycles. The van der Waals surface area contributed by atoms with E-state index in [-0.39, 0.29) is 5.82 Å². The van der Waals surface area contributed by atoms with Gasteiger partial charge in [-0.3, -0.25) is 14.6 Å². The van der Waals surface area contributed by atoms with Gasteiger partial charge in [-0.2, -0.15) is 5.10 Å². The van der Waals surface area contributed by atoms with Crippen LogP contribution in [0.5, 0.6) is 0 Å². The lowest BCUT2D eigenvalue weighted by Gasteiger charge is -2.02. The molecule has 1 heterocycles. The van der Waals surface area contributed by atoms with Crippen LogP contribution in [0.3, 0.4) is 0 Å². The van der Waals surface area contributed by atoms with E-state index < -0.39 is 21.7 Å². The van der Waals surface area contributed by atoms with E-state index in [4.69, 9.17) is 0 Å². The maximum absolute atomic E-state index is 11.3. The first-order valence-electron chi connectivity index (χ1n) is 4.02. The van der Waals surface area contributed by atoms with Gasteiger partial charge in [0.1, 0.15) is 0 Å². The number of rotatable bonds is 4. The van der Waals surface area contributed by atoms with Gasteiger partial charge in [0.25, 0.3) is 0 Å². The van der Waals surface area contributed by atoms with E-state index in [9.17, 15) is 13.2 Å². The number of ether oxygens (including phenoxy) is 1. The van der Waals surface area contributed by atoms with Crippen LogP contribution in [-0.4, -0.2) is 37.4 Å². The minimum absolute atomic E-state index is 0.149. The maximum atomic E-state index is 11.3. The summed E-state index contributed by atoms with van der Waals surface area (Å²) in [5, 5.41) is 6.23. The highest BCUT2D eigenvalue weighted by molar-refractivity contribution is 7.93. The Kier molecular flexibility index (Phi) is 3.30. The summed E-state index contributed by atoms with van der Waals surface area (Å²) in [6, 6.07) is 1.51. The fraction of sp³-hybridized carbons (Fsp3) is 0.429. The summed E-state index contributed by atoms with van der Waals surface area (Å²) in [6.07, 6.45) is 0. The largest absolute Gasteiger partial charge is 0.468 e. The molecule has 15 heavy (non-hydrogen) atoms. The van der Waals surface area contributed by atoms with Crippen LogP contribution < -0.4 is 4.72 Å². The van der Waals surface area contributed by atoms with Crippen LogP contribution >= 0.6 is 0 Å². The average Bonchev–Trinajstić information content (AvgIpc) is 2.49. The Morgan fingerprint density at radius 2 is 2.33 bits per heavy atom. The van der Waals surface area contributed by atoms with Crippen LogP contribution in [-0.2, 0) is 19.6 Å². The summed E-state index contributed by atoms with van der Waals surface area (Å²) in [4.78, 5) is 10.8. The summed E-state index contributed by atoms with van der Waals surface area (Å²) in [5.41, 5.74) is 0.714. The van der Waals surface area contributed by atoms with E-state index in [0.717, 1.165) is 7.11 Å². The lowest BCUT2D eigenvalue weighted by Crippen LogP contribution is -2.23. The van der Waals surface area contributed by atoms with E-state index in [2.05, 4.69) is 19.7 Å². The second kappa shape index (κ2) is 4.30. The van der Waals surface area contributed by atoms with Crippen molar-refractivity contribution in [2.75, 3.05) is 17.6 Å². The number of sulfonamides is 1. The van der Waals surface area contributed by atoms with Crippen molar-refractivity contribution in [1.82, 2.24) is 10.2 Å². The number of aromatic amines is 1. The number of carbonyl (C=O) groups excluding carboxylic acids is 1. The van der Waals surface area contributed by atoms with Gasteiger partial charge in [-0.25, -0.2) is 8.42 Å². The van der Waals surface area contributed by atoms with Gasteiger partial charge in [-0.15, -0.1) is 0 Å². The number of hydrogen-bond acceptors (Lipinski definition) is 5. The molecule has 84 valence electrons. The Morgan fingerprint density at radius 3 is 2.80 bits per heavy atom. The summed E-state index contributed by atoms with van der Waals surface area (Å²) >= 11 is 0. The molecule has 0 aliphatic rings. The predicted molar refractivity (Wildman–Crippen MR) is 52.8 cm³/mol.